The van der Waals surface area contributed by atoms with Crippen molar-refractivity contribution in [2.75, 3.05) is 18.0 Å². The monoisotopic (exact) mass is 216 g/mol. The van der Waals surface area contributed by atoms with Crippen LogP contribution in [0.25, 0.3) is 5.52 Å². The predicted molar refractivity (Wildman–Crippen MR) is 64.7 cm³/mol. The summed E-state index contributed by atoms with van der Waals surface area (Å²) in [5, 5.41) is 0. The number of aromatic nitrogens is 2. The van der Waals surface area contributed by atoms with Crippen molar-refractivity contribution in [1.82, 2.24) is 9.38 Å². The SMILES string of the molecule is Cc1cc2cccn2c(N2CCC(N)C2)n1. The van der Waals surface area contributed by atoms with Crippen molar-refractivity contribution in [3.05, 3.63) is 30.1 Å². The number of fused-ring (bicyclic) bond motifs is 1. The maximum atomic E-state index is 5.94. The lowest BCUT2D eigenvalue weighted by Crippen LogP contribution is -2.28. The molecule has 2 aromatic heterocycles. The minimum atomic E-state index is 0.285. The third kappa shape index (κ3) is 1.46. The smallest absolute Gasteiger partial charge is 0.210 e. The molecule has 1 aliphatic heterocycles. The fraction of sp³-hybridized carbons (Fsp3) is 0.417. The molecule has 0 spiro atoms. The number of hydrogen-bond donors (Lipinski definition) is 1. The van der Waals surface area contributed by atoms with E-state index in [4.69, 9.17) is 5.73 Å². The first-order chi connectivity index (χ1) is 7.74. The van der Waals surface area contributed by atoms with Crippen LogP contribution in [0.1, 0.15) is 12.1 Å². The quantitative estimate of drug-likeness (QED) is 0.778. The van der Waals surface area contributed by atoms with Crippen LogP contribution in [0.2, 0.25) is 0 Å². The number of hydrogen-bond acceptors (Lipinski definition) is 3. The van der Waals surface area contributed by atoms with Gasteiger partial charge in [0.25, 0.3) is 0 Å². The number of nitrogens with two attached hydrogens (primary N) is 1. The largest absolute Gasteiger partial charge is 0.340 e. The molecule has 0 aromatic carbocycles. The first-order valence-electron chi connectivity index (χ1n) is 5.69. The van der Waals surface area contributed by atoms with E-state index in [0.717, 1.165) is 31.2 Å². The van der Waals surface area contributed by atoms with Gasteiger partial charge in [-0.05, 0) is 31.5 Å². The van der Waals surface area contributed by atoms with Crippen LogP contribution in [-0.2, 0) is 0 Å². The maximum Gasteiger partial charge on any atom is 0.210 e. The fourth-order valence-corrected chi connectivity index (χ4v) is 2.34. The zero-order valence-corrected chi connectivity index (χ0v) is 9.43. The number of nitrogens with zero attached hydrogens (tertiary/aromatic N) is 3. The normalized spacial score (nSPS) is 20.9. The van der Waals surface area contributed by atoms with Crippen molar-refractivity contribution >= 4 is 11.5 Å². The van der Waals surface area contributed by atoms with Crippen molar-refractivity contribution in [2.45, 2.75) is 19.4 Å². The van der Waals surface area contributed by atoms with Gasteiger partial charge in [-0.3, -0.25) is 4.40 Å². The minimum absolute atomic E-state index is 0.285. The van der Waals surface area contributed by atoms with Crippen molar-refractivity contribution in [3.63, 3.8) is 0 Å². The fourth-order valence-electron chi connectivity index (χ4n) is 2.34. The molecule has 0 bridgehead atoms. The standard InChI is InChI=1S/C12H16N4/c1-9-7-11-3-2-5-16(11)12(14-9)15-6-4-10(13)8-15/h2-3,5,7,10H,4,6,8,13H2,1H3. The number of anilines is 1. The summed E-state index contributed by atoms with van der Waals surface area (Å²) in [7, 11) is 0. The van der Waals surface area contributed by atoms with E-state index in [9.17, 15) is 0 Å². The van der Waals surface area contributed by atoms with Crippen LogP contribution >= 0.6 is 0 Å². The van der Waals surface area contributed by atoms with Crippen LogP contribution in [0.5, 0.6) is 0 Å². The lowest BCUT2D eigenvalue weighted by molar-refractivity contribution is 0.749. The molecule has 0 aliphatic carbocycles. The van der Waals surface area contributed by atoms with E-state index in [1.54, 1.807) is 0 Å². The van der Waals surface area contributed by atoms with Crippen molar-refractivity contribution < 1.29 is 0 Å². The van der Waals surface area contributed by atoms with Gasteiger partial charge in [0.2, 0.25) is 5.95 Å². The molecule has 16 heavy (non-hydrogen) atoms. The molecule has 3 heterocycles. The van der Waals surface area contributed by atoms with Gasteiger partial charge in [-0.2, -0.15) is 0 Å². The van der Waals surface area contributed by atoms with Gasteiger partial charge < -0.3 is 10.6 Å². The average molecular weight is 216 g/mol. The highest BCUT2D eigenvalue weighted by Gasteiger charge is 2.22. The second kappa shape index (κ2) is 3.49. The van der Waals surface area contributed by atoms with E-state index in [1.807, 2.05) is 6.92 Å². The summed E-state index contributed by atoms with van der Waals surface area (Å²) in [5.74, 6) is 1.02. The summed E-state index contributed by atoms with van der Waals surface area (Å²) in [4.78, 5) is 6.89. The van der Waals surface area contributed by atoms with Crippen molar-refractivity contribution in [1.29, 1.82) is 0 Å². The Bertz CT molecular complexity index is 517. The first-order valence-corrected chi connectivity index (χ1v) is 5.69. The summed E-state index contributed by atoms with van der Waals surface area (Å²) in [6.45, 7) is 3.95. The molecule has 1 unspecified atom stereocenters. The maximum absolute atomic E-state index is 5.94. The third-order valence-corrected chi connectivity index (χ3v) is 3.14. The van der Waals surface area contributed by atoms with Crippen LogP contribution in [0.3, 0.4) is 0 Å². The topological polar surface area (TPSA) is 46.6 Å². The van der Waals surface area contributed by atoms with E-state index >= 15 is 0 Å². The summed E-state index contributed by atoms with van der Waals surface area (Å²) in [6, 6.07) is 6.54. The Hall–Kier alpha value is -1.55. The highest BCUT2D eigenvalue weighted by molar-refractivity contribution is 5.54. The lowest BCUT2D eigenvalue weighted by atomic mass is 10.3. The second-order valence-corrected chi connectivity index (χ2v) is 4.50. The van der Waals surface area contributed by atoms with Gasteiger partial charge in [0.15, 0.2) is 0 Å². The van der Waals surface area contributed by atoms with E-state index in [1.165, 1.54) is 5.52 Å². The molecule has 4 nitrogen and oxygen atoms in total. The van der Waals surface area contributed by atoms with Crippen molar-refractivity contribution in [3.8, 4) is 0 Å². The average Bonchev–Trinajstić information content (AvgIpc) is 2.84. The number of aryl methyl sites for hydroxylation is 1. The zero-order chi connectivity index (χ0) is 11.1. The van der Waals surface area contributed by atoms with Crippen LogP contribution in [0.4, 0.5) is 5.95 Å². The molecule has 0 radical (unpaired) electrons. The first kappa shape index (κ1) is 9.66. The highest BCUT2D eigenvalue weighted by atomic mass is 15.3. The molecule has 4 heteroatoms. The van der Waals surface area contributed by atoms with Crippen LogP contribution in [-0.4, -0.2) is 28.5 Å². The van der Waals surface area contributed by atoms with E-state index in [0.29, 0.717) is 0 Å². The highest BCUT2D eigenvalue weighted by Crippen LogP contribution is 2.20. The molecule has 3 rings (SSSR count). The van der Waals surface area contributed by atoms with Crippen LogP contribution < -0.4 is 10.6 Å². The van der Waals surface area contributed by atoms with Crippen LogP contribution in [0, 0.1) is 6.92 Å². The molecular formula is C12H16N4. The molecule has 1 fully saturated rings. The Morgan fingerprint density at radius 3 is 3.12 bits per heavy atom. The summed E-state index contributed by atoms with van der Waals surface area (Å²) >= 11 is 0. The Kier molecular flexibility index (Phi) is 2.11. The Balaban J connectivity index is 2.11. The van der Waals surface area contributed by atoms with Gasteiger partial charge in [-0.15, -0.1) is 0 Å². The van der Waals surface area contributed by atoms with Gasteiger partial charge in [-0.25, -0.2) is 4.98 Å². The van der Waals surface area contributed by atoms with Crippen molar-refractivity contribution in [2.24, 2.45) is 5.73 Å². The van der Waals surface area contributed by atoms with Gasteiger partial charge in [0.1, 0.15) is 0 Å². The molecule has 1 aliphatic rings. The van der Waals surface area contributed by atoms with Crippen LogP contribution in [0.15, 0.2) is 24.4 Å². The van der Waals surface area contributed by atoms with E-state index in [2.05, 4.69) is 38.7 Å². The summed E-state index contributed by atoms with van der Waals surface area (Å²) in [6.07, 6.45) is 3.11. The van der Waals surface area contributed by atoms with Gasteiger partial charge in [0.05, 0.1) is 5.52 Å². The minimum Gasteiger partial charge on any atom is -0.340 e. The Morgan fingerprint density at radius 1 is 1.50 bits per heavy atom. The molecule has 84 valence electrons. The zero-order valence-electron chi connectivity index (χ0n) is 9.43. The van der Waals surface area contributed by atoms with Gasteiger partial charge >= 0.3 is 0 Å². The molecule has 1 saturated heterocycles. The molecular weight excluding hydrogens is 200 g/mol. The van der Waals surface area contributed by atoms with Gasteiger partial charge in [0, 0.05) is 31.0 Å². The summed E-state index contributed by atoms with van der Waals surface area (Å²) in [5.41, 5.74) is 8.20. The summed E-state index contributed by atoms with van der Waals surface area (Å²) < 4.78 is 2.13. The molecule has 1 atom stereocenters. The third-order valence-electron chi connectivity index (χ3n) is 3.14. The lowest BCUT2D eigenvalue weighted by Gasteiger charge is -2.19. The molecule has 0 amide bonds. The van der Waals surface area contributed by atoms with E-state index in [-0.39, 0.29) is 6.04 Å². The second-order valence-electron chi connectivity index (χ2n) is 4.50. The molecule has 0 saturated carbocycles. The van der Waals surface area contributed by atoms with E-state index < -0.39 is 0 Å². The predicted octanol–water partition coefficient (Wildman–Crippen LogP) is 1.18. The Labute approximate surface area is 94.7 Å². The molecule has 2 aromatic rings. The number of rotatable bonds is 1. The Morgan fingerprint density at radius 2 is 2.38 bits per heavy atom. The molecule has 2 N–H and O–H groups in total. The van der Waals surface area contributed by atoms with Gasteiger partial charge in [-0.1, -0.05) is 0 Å².